The zero-order chi connectivity index (χ0) is 13.1. The van der Waals surface area contributed by atoms with E-state index in [0.29, 0.717) is 0 Å². The summed E-state index contributed by atoms with van der Waals surface area (Å²) in [4.78, 5) is 0. The van der Waals surface area contributed by atoms with E-state index in [1.54, 1.807) is 11.1 Å². The molecule has 0 radical (unpaired) electrons. The minimum absolute atomic E-state index is 0.922. The Bertz CT molecular complexity index is 484. The number of aryl methyl sites for hydroxylation is 2. The van der Waals surface area contributed by atoms with Crippen LogP contribution >= 0.6 is 0 Å². The van der Waals surface area contributed by atoms with Gasteiger partial charge in [0.05, 0.1) is 0 Å². The number of anilines is 1. The van der Waals surface area contributed by atoms with Crippen molar-refractivity contribution in [2.45, 2.75) is 64.2 Å². The van der Waals surface area contributed by atoms with Gasteiger partial charge < -0.3 is 5.73 Å². The van der Waals surface area contributed by atoms with Gasteiger partial charge in [0, 0.05) is 5.69 Å². The molecule has 3 rings (SSSR count). The van der Waals surface area contributed by atoms with Gasteiger partial charge >= 0.3 is 0 Å². The topological polar surface area (TPSA) is 26.0 Å². The summed E-state index contributed by atoms with van der Waals surface area (Å²) >= 11 is 0. The van der Waals surface area contributed by atoms with Crippen molar-refractivity contribution in [2.24, 2.45) is 0 Å². The van der Waals surface area contributed by atoms with Crippen LogP contribution in [0, 0.1) is 0 Å². The summed E-state index contributed by atoms with van der Waals surface area (Å²) in [6.45, 7) is 0. The molecule has 0 atom stereocenters. The van der Waals surface area contributed by atoms with Crippen LogP contribution in [-0.2, 0) is 12.8 Å². The molecule has 0 spiro atoms. The highest BCUT2D eigenvalue weighted by Crippen LogP contribution is 2.32. The van der Waals surface area contributed by atoms with Gasteiger partial charge in [-0.3, -0.25) is 0 Å². The van der Waals surface area contributed by atoms with E-state index in [-0.39, 0.29) is 0 Å². The molecular formula is C18H25N. The number of nitrogens with two attached hydrogens (primary N) is 1. The van der Waals surface area contributed by atoms with Crippen LogP contribution in [0.1, 0.15) is 62.5 Å². The molecule has 0 saturated heterocycles. The average molecular weight is 255 g/mol. The van der Waals surface area contributed by atoms with Gasteiger partial charge in [-0.05, 0) is 74.6 Å². The SMILES string of the molecule is Nc1ccc2c(c1)CC/C1=C(/CCCCCC1)CC2. The third kappa shape index (κ3) is 3.02. The largest absolute Gasteiger partial charge is 0.399 e. The smallest absolute Gasteiger partial charge is 0.0316 e. The van der Waals surface area contributed by atoms with Crippen LogP contribution in [0.4, 0.5) is 5.69 Å². The van der Waals surface area contributed by atoms with Crippen LogP contribution in [0.3, 0.4) is 0 Å². The predicted octanol–water partition coefficient (Wildman–Crippen LogP) is 4.80. The number of hydrogen-bond acceptors (Lipinski definition) is 1. The Balaban J connectivity index is 1.84. The van der Waals surface area contributed by atoms with Gasteiger partial charge in [0.2, 0.25) is 0 Å². The molecule has 1 aromatic carbocycles. The highest BCUT2D eigenvalue weighted by Gasteiger charge is 2.15. The second-order valence-electron chi connectivity index (χ2n) is 6.15. The molecule has 0 aromatic heterocycles. The number of fused-ring (bicyclic) bond motifs is 1. The molecule has 1 nitrogen and oxygen atoms in total. The normalized spacial score (nSPS) is 24.4. The third-order valence-corrected chi connectivity index (χ3v) is 4.83. The molecule has 2 aliphatic carbocycles. The van der Waals surface area contributed by atoms with Crippen molar-refractivity contribution >= 4 is 5.69 Å². The Hall–Kier alpha value is -1.24. The minimum Gasteiger partial charge on any atom is -0.399 e. The molecule has 0 unspecified atom stereocenters. The van der Waals surface area contributed by atoms with Crippen molar-refractivity contribution in [3.05, 3.63) is 40.5 Å². The lowest BCUT2D eigenvalue weighted by atomic mass is 9.83. The van der Waals surface area contributed by atoms with E-state index in [1.807, 2.05) is 0 Å². The maximum Gasteiger partial charge on any atom is 0.0316 e. The second-order valence-corrected chi connectivity index (χ2v) is 6.15. The van der Waals surface area contributed by atoms with E-state index in [2.05, 4.69) is 18.2 Å². The fourth-order valence-electron chi connectivity index (χ4n) is 3.68. The molecule has 0 fully saturated rings. The fraction of sp³-hybridized carbons (Fsp3) is 0.556. The second kappa shape index (κ2) is 5.81. The van der Waals surface area contributed by atoms with E-state index in [9.17, 15) is 0 Å². The van der Waals surface area contributed by atoms with Crippen LogP contribution in [0.25, 0.3) is 0 Å². The van der Waals surface area contributed by atoms with Crippen LogP contribution in [0.15, 0.2) is 29.3 Å². The van der Waals surface area contributed by atoms with E-state index < -0.39 is 0 Å². The zero-order valence-electron chi connectivity index (χ0n) is 11.9. The monoisotopic (exact) mass is 255 g/mol. The van der Waals surface area contributed by atoms with Crippen molar-refractivity contribution in [1.82, 2.24) is 0 Å². The maximum absolute atomic E-state index is 5.94. The number of rotatable bonds is 0. The van der Waals surface area contributed by atoms with Crippen molar-refractivity contribution < 1.29 is 0 Å². The van der Waals surface area contributed by atoms with E-state index in [1.165, 1.54) is 75.3 Å². The molecule has 0 saturated carbocycles. The summed E-state index contributed by atoms with van der Waals surface area (Å²) in [5, 5.41) is 0. The fourth-order valence-corrected chi connectivity index (χ4v) is 3.68. The van der Waals surface area contributed by atoms with Gasteiger partial charge in [0.15, 0.2) is 0 Å². The van der Waals surface area contributed by atoms with E-state index >= 15 is 0 Å². The van der Waals surface area contributed by atoms with Gasteiger partial charge in [-0.15, -0.1) is 0 Å². The molecule has 2 aliphatic rings. The molecule has 0 aliphatic heterocycles. The maximum atomic E-state index is 5.94. The first kappa shape index (κ1) is 12.8. The van der Waals surface area contributed by atoms with Gasteiger partial charge in [0.1, 0.15) is 0 Å². The van der Waals surface area contributed by atoms with Gasteiger partial charge in [-0.25, -0.2) is 0 Å². The summed E-state index contributed by atoms with van der Waals surface area (Å²) in [7, 11) is 0. The Morgan fingerprint density at radius 3 is 1.95 bits per heavy atom. The standard InChI is InChI=1S/C18H25N/c19-18-12-11-16-8-7-14-5-3-1-2-4-6-15(14)9-10-17(16)13-18/h11-13H,1-10,19H2/b15-14-. The first-order valence-electron chi connectivity index (χ1n) is 7.90. The van der Waals surface area contributed by atoms with E-state index in [4.69, 9.17) is 5.73 Å². The average Bonchev–Trinajstić information content (AvgIpc) is 2.37. The molecule has 0 heterocycles. The number of hydrogen-bond donors (Lipinski definition) is 1. The van der Waals surface area contributed by atoms with Crippen LogP contribution < -0.4 is 5.73 Å². The molecule has 1 heteroatoms. The minimum atomic E-state index is 0.922. The Morgan fingerprint density at radius 1 is 0.632 bits per heavy atom. The summed E-state index contributed by atoms with van der Waals surface area (Å²) < 4.78 is 0. The lowest BCUT2D eigenvalue weighted by Gasteiger charge is -2.23. The summed E-state index contributed by atoms with van der Waals surface area (Å²) in [5.41, 5.74) is 13.5. The molecule has 2 N–H and O–H groups in total. The number of allylic oxidation sites excluding steroid dienone is 2. The zero-order valence-corrected chi connectivity index (χ0v) is 11.9. The first-order chi connectivity index (χ1) is 9.33. The lowest BCUT2D eigenvalue weighted by molar-refractivity contribution is 0.583. The summed E-state index contributed by atoms with van der Waals surface area (Å²) in [5.74, 6) is 0. The molecule has 102 valence electrons. The van der Waals surface area contributed by atoms with Crippen molar-refractivity contribution in [3.63, 3.8) is 0 Å². The molecule has 0 amide bonds. The van der Waals surface area contributed by atoms with E-state index in [0.717, 1.165) is 5.69 Å². The van der Waals surface area contributed by atoms with Gasteiger partial charge in [-0.1, -0.05) is 30.1 Å². The van der Waals surface area contributed by atoms with Crippen molar-refractivity contribution in [2.75, 3.05) is 5.73 Å². The predicted molar refractivity (Wildman–Crippen MR) is 82.2 cm³/mol. The summed E-state index contributed by atoms with van der Waals surface area (Å²) in [6, 6.07) is 6.51. The lowest BCUT2D eigenvalue weighted by Crippen LogP contribution is -2.07. The van der Waals surface area contributed by atoms with Crippen LogP contribution in [0.2, 0.25) is 0 Å². The number of nitrogen functional groups attached to an aromatic ring is 1. The molecule has 1 aromatic rings. The quantitative estimate of drug-likeness (QED) is 0.523. The summed E-state index contributed by atoms with van der Waals surface area (Å²) in [6.07, 6.45) is 13.4. The van der Waals surface area contributed by atoms with Crippen LogP contribution in [-0.4, -0.2) is 0 Å². The third-order valence-electron chi connectivity index (χ3n) is 4.83. The highest BCUT2D eigenvalue weighted by molar-refractivity contribution is 5.45. The Morgan fingerprint density at radius 2 is 1.26 bits per heavy atom. The first-order valence-corrected chi connectivity index (χ1v) is 7.90. The molecule has 0 bridgehead atoms. The molecule has 19 heavy (non-hydrogen) atoms. The number of benzene rings is 1. The van der Waals surface area contributed by atoms with Crippen molar-refractivity contribution in [1.29, 1.82) is 0 Å². The Labute approximate surface area is 116 Å². The van der Waals surface area contributed by atoms with Gasteiger partial charge in [0.25, 0.3) is 0 Å². The Kier molecular flexibility index (Phi) is 3.91. The van der Waals surface area contributed by atoms with Crippen molar-refractivity contribution in [3.8, 4) is 0 Å². The highest BCUT2D eigenvalue weighted by atomic mass is 14.5. The van der Waals surface area contributed by atoms with Gasteiger partial charge in [-0.2, -0.15) is 0 Å². The molecular weight excluding hydrogens is 230 g/mol. The van der Waals surface area contributed by atoms with Crippen LogP contribution in [0.5, 0.6) is 0 Å².